The van der Waals surface area contributed by atoms with Gasteiger partial charge in [0.1, 0.15) is 22.6 Å². The SMILES string of the molecule is O=[N+]([O-])c1ccc([C@@H](O)[C@H](CO)Nc2nc(CN3CCOCC3)nc3sc4c(c23)CCC4)cc1. The molecule has 0 spiro atoms. The summed E-state index contributed by atoms with van der Waals surface area (Å²) in [5.41, 5.74) is 1.68. The number of nitro groups is 1. The van der Waals surface area contributed by atoms with Crippen LogP contribution in [0.4, 0.5) is 11.5 Å². The highest BCUT2D eigenvalue weighted by Gasteiger charge is 2.27. The number of nitrogens with one attached hydrogen (secondary N) is 1. The van der Waals surface area contributed by atoms with E-state index in [0.29, 0.717) is 37.0 Å². The zero-order chi connectivity index (χ0) is 23.7. The van der Waals surface area contributed by atoms with Crippen molar-refractivity contribution in [2.75, 3.05) is 38.2 Å². The number of rotatable bonds is 8. The molecule has 180 valence electrons. The molecule has 0 saturated carbocycles. The lowest BCUT2D eigenvalue weighted by atomic mass is 10.0. The first-order valence-corrected chi connectivity index (χ1v) is 12.3. The van der Waals surface area contributed by atoms with Gasteiger partial charge in [0.05, 0.1) is 42.7 Å². The van der Waals surface area contributed by atoms with Crippen LogP contribution in [0.1, 0.15) is 34.4 Å². The summed E-state index contributed by atoms with van der Waals surface area (Å²) in [6, 6.07) is 4.97. The van der Waals surface area contributed by atoms with Gasteiger partial charge in [-0.25, -0.2) is 9.97 Å². The van der Waals surface area contributed by atoms with Crippen LogP contribution in [0.15, 0.2) is 24.3 Å². The summed E-state index contributed by atoms with van der Waals surface area (Å²) < 4.78 is 5.44. The largest absolute Gasteiger partial charge is 0.394 e. The Labute approximate surface area is 200 Å². The molecule has 0 amide bonds. The van der Waals surface area contributed by atoms with Gasteiger partial charge < -0.3 is 20.3 Å². The molecule has 11 heteroatoms. The van der Waals surface area contributed by atoms with Gasteiger partial charge in [-0.3, -0.25) is 15.0 Å². The van der Waals surface area contributed by atoms with Crippen molar-refractivity contribution in [1.82, 2.24) is 14.9 Å². The van der Waals surface area contributed by atoms with Gasteiger partial charge in [-0.2, -0.15) is 0 Å². The number of fused-ring (bicyclic) bond motifs is 3. The molecular weight excluding hydrogens is 458 g/mol. The third kappa shape index (κ3) is 4.62. The number of morpholine rings is 1. The summed E-state index contributed by atoms with van der Waals surface area (Å²) in [5, 5.41) is 36.3. The Kier molecular flexibility index (Phi) is 6.70. The topological polar surface area (TPSA) is 134 Å². The third-order valence-electron chi connectivity index (χ3n) is 6.43. The molecule has 5 rings (SSSR count). The van der Waals surface area contributed by atoms with Gasteiger partial charge in [-0.1, -0.05) is 0 Å². The molecule has 10 nitrogen and oxygen atoms in total. The summed E-state index contributed by atoms with van der Waals surface area (Å²) >= 11 is 1.70. The maximum Gasteiger partial charge on any atom is 0.269 e. The first kappa shape index (κ1) is 23.1. The second-order valence-electron chi connectivity index (χ2n) is 8.64. The molecule has 0 radical (unpaired) electrons. The number of benzene rings is 1. The van der Waals surface area contributed by atoms with E-state index in [1.807, 2.05) is 0 Å². The van der Waals surface area contributed by atoms with Gasteiger partial charge in [0.25, 0.3) is 5.69 Å². The van der Waals surface area contributed by atoms with Crippen molar-refractivity contribution in [2.45, 2.75) is 38.0 Å². The predicted molar refractivity (Wildman–Crippen MR) is 128 cm³/mol. The number of non-ortho nitro benzene ring substituents is 1. The summed E-state index contributed by atoms with van der Waals surface area (Å²) in [6.45, 7) is 3.29. The summed E-state index contributed by atoms with van der Waals surface area (Å²) in [6.07, 6.45) is 2.01. The van der Waals surface area contributed by atoms with Crippen LogP contribution in [0.5, 0.6) is 0 Å². The number of thiophene rings is 1. The highest BCUT2D eigenvalue weighted by atomic mass is 32.1. The number of aliphatic hydroxyl groups excluding tert-OH is 2. The zero-order valence-electron chi connectivity index (χ0n) is 18.6. The van der Waals surface area contributed by atoms with Gasteiger partial charge in [-0.05, 0) is 42.5 Å². The van der Waals surface area contributed by atoms with Crippen molar-refractivity contribution in [3.05, 3.63) is 56.2 Å². The Morgan fingerprint density at radius 1 is 1.21 bits per heavy atom. The number of nitro benzene ring substituents is 1. The lowest BCUT2D eigenvalue weighted by molar-refractivity contribution is -0.384. The monoisotopic (exact) mass is 485 g/mol. The molecule has 3 aromatic rings. The van der Waals surface area contributed by atoms with Crippen molar-refractivity contribution >= 4 is 33.1 Å². The molecule has 1 saturated heterocycles. The average Bonchev–Trinajstić information content (AvgIpc) is 3.44. The lowest BCUT2D eigenvalue weighted by Crippen LogP contribution is -2.36. The Morgan fingerprint density at radius 2 is 1.97 bits per heavy atom. The fourth-order valence-corrected chi connectivity index (χ4v) is 5.88. The Hall–Kier alpha value is -2.70. The minimum atomic E-state index is -1.08. The fraction of sp³-hybridized carbons (Fsp3) is 0.478. The molecule has 3 heterocycles. The molecule has 2 atom stereocenters. The van der Waals surface area contributed by atoms with Crippen LogP contribution in [0.2, 0.25) is 0 Å². The van der Waals surface area contributed by atoms with E-state index in [2.05, 4.69) is 10.2 Å². The van der Waals surface area contributed by atoms with Gasteiger partial charge in [0, 0.05) is 30.1 Å². The quantitative estimate of drug-likeness (QED) is 0.325. The average molecular weight is 486 g/mol. The van der Waals surface area contributed by atoms with Crippen LogP contribution >= 0.6 is 11.3 Å². The van der Waals surface area contributed by atoms with E-state index in [-0.39, 0.29) is 12.3 Å². The normalized spacial score (nSPS) is 18.1. The zero-order valence-corrected chi connectivity index (χ0v) is 19.5. The molecule has 0 unspecified atom stereocenters. The first-order valence-electron chi connectivity index (χ1n) is 11.4. The molecule has 0 bridgehead atoms. The molecule has 3 N–H and O–H groups in total. The van der Waals surface area contributed by atoms with E-state index < -0.39 is 17.1 Å². The number of aromatic nitrogens is 2. The van der Waals surface area contributed by atoms with E-state index in [9.17, 15) is 20.3 Å². The maximum absolute atomic E-state index is 11.0. The number of anilines is 1. The van der Waals surface area contributed by atoms with Crippen molar-refractivity contribution in [1.29, 1.82) is 0 Å². The van der Waals surface area contributed by atoms with Crippen LogP contribution in [0.25, 0.3) is 10.2 Å². The molecule has 1 fully saturated rings. The highest BCUT2D eigenvalue weighted by molar-refractivity contribution is 7.19. The molecule has 1 aromatic carbocycles. The van der Waals surface area contributed by atoms with Crippen molar-refractivity contribution in [3.63, 3.8) is 0 Å². The van der Waals surface area contributed by atoms with Crippen molar-refractivity contribution in [2.24, 2.45) is 0 Å². The van der Waals surface area contributed by atoms with E-state index in [1.165, 1.54) is 34.7 Å². The number of nitrogens with zero attached hydrogens (tertiary/aromatic N) is 4. The van der Waals surface area contributed by atoms with E-state index in [0.717, 1.165) is 42.6 Å². The lowest BCUT2D eigenvalue weighted by Gasteiger charge is -2.26. The molecule has 2 aliphatic rings. The smallest absolute Gasteiger partial charge is 0.269 e. The van der Waals surface area contributed by atoms with E-state index in [4.69, 9.17) is 14.7 Å². The summed E-state index contributed by atoms with van der Waals surface area (Å²) in [4.78, 5) is 24.7. The van der Waals surface area contributed by atoms with Gasteiger partial charge >= 0.3 is 0 Å². The molecule has 34 heavy (non-hydrogen) atoms. The fourth-order valence-electron chi connectivity index (χ4n) is 4.60. The summed E-state index contributed by atoms with van der Waals surface area (Å²) in [7, 11) is 0. The molecule has 1 aliphatic heterocycles. The second kappa shape index (κ2) is 9.88. The Balaban J connectivity index is 1.45. The van der Waals surface area contributed by atoms with Gasteiger partial charge in [0.2, 0.25) is 0 Å². The van der Waals surface area contributed by atoms with Gasteiger partial charge in [0.15, 0.2) is 0 Å². The van der Waals surface area contributed by atoms with Crippen molar-refractivity contribution < 1.29 is 19.9 Å². The standard InChI is InChI=1S/C23H27N5O5S/c29-13-17(21(30)14-4-6-15(7-5-14)28(31)32)24-22-20-16-2-1-3-18(16)34-23(20)26-19(25-22)12-27-8-10-33-11-9-27/h4-7,17,21,29-30H,1-3,8-13H2,(H,24,25,26)/t17-,21+/m0/s1. The van der Waals surface area contributed by atoms with Crippen LogP contribution < -0.4 is 5.32 Å². The molecule has 1 aliphatic carbocycles. The highest BCUT2D eigenvalue weighted by Crippen LogP contribution is 2.40. The predicted octanol–water partition coefficient (Wildman–Crippen LogP) is 2.43. The minimum absolute atomic E-state index is 0.0523. The molecular formula is C23H27N5O5S. The maximum atomic E-state index is 11.0. The number of aliphatic hydroxyl groups is 2. The minimum Gasteiger partial charge on any atom is -0.394 e. The van der Waals surface area contributed by atoms with Crippen LogP contribution in [-0.4, -0.2) is 69.0 Å². The van der Waals surface area contributed by atoms with Crippen LogP contribution in [-0.2, 0) is 24.1 Å². The number of hydrogen-bond donors (Lipinski definition) is 3. The second-order valence-corrected chi connectivity index (χ2v) is 9.72. The van der Waals surface area contributed by atoms with Crippen LogP contribution in [0, 0.1) is 10.1 Å². The molecule has 2 aromatic heterocycles. The van der Waals surface area contributed by atoms with Crippen molar-refractivity contribution in [3.8, 4) is 0 Å². The van der Waals surface area contributed by atoms with E-state index >= 15 is 0 Å². The number of ether oxygens (including phenoxy) is 1. The Morgan fingerprint density at radius 3 is 2.68 bits per heavy atom. The van der Waals surface area contributed by atoms with Crippen LogP contribution in [0.3, 0.4) is 0 Å². The third-order valence-corrected chi connectivity index (χ3v) is 7.61. The summed E-state index contributed by atoms with van der Waals surface area (Å²) in [5.74, 6) is 1.31. The van der Waals surface area contributed by atoms with Gasteiger partial charge in [-0.15, -0.1) is 11.3 Å². The number of hydrogen-bond acceptors (Lipinski definition) is 10. The van der Waals surface area contributed by atoms with E-state index in [1.54, 1.807) is 11.3 Å². The Bertz CT molecular complexity index is 1180. The number of aryl methyl sites for hydroxylation is 2. The first-order chi connectivity index (χ1) is 16.5.